The number of anilines is 1. The van der Waals surface area contributed by atoms with E-state index in [1.54, 1.807) is 0 Å². The maximum atomic E-state index is 4.48. The lowest BCUT2D eigenvalue weighted by Gasteiger charge is -2.23. The van der Waals surface area contributed by atoms with Gasteiger partial charge in [0.1, 0.15) is 5.82 Å². The molecule has 0 unspecified atom stereocenters. The summed E-state index contributed by atoms with van der Waals surface area (Å²) in [4.78, 5) is 4.48. The molecular weight excluding hydrogens is 196 g/mol. The third kappa shape index (κ3) is 2.97. The Bertz CT molecular complexity index is 310. The van der Waals surface area contributed by atoms with Crippen LogP contribution in [0.15, 0.2) is 18.3 Å². The molecule has 0 atom stereocenters. The van der Waals surface area contributed by atoms with Gasteiger partial charge in [0.05, 0.1) is 0 Å². The number of nitrogens with one attached hydrogen (secondary N) is 1. The summed E-state index contributed by atoms with van der Waals surface area (Å²) in [5.74, 6) is 1.60. The van der Waals surface area contributed by atoms with Crippen molar-refractivity contribution in [1.29, 1.82) is 0 Å². The predicted molar refractivity (Wildman–Crippen MR) is 68.8 cm³/mol. The molecule has 0 amide bonds. The summed E-state index contributed by atoms with van der Waals surface area (Å²) in [7, 11) is 0. The van der Waals surface area contributed by atoms with Gasteiger partial charge in [-0.1, -0.05) is 39.2 Å². The number of aromatic nitrogens is 1. The molecule has 2 heteroatoms. The van der Waals surface area contributed by atoms with Crippen molar-refractivity contribution >= 4 is 5.82 Å². The van der Waals surface area contributed by atoms with Crippen LogP contribution in [0.3, 0.4) is 0 Å². The fourth-order valence-corrected chi connectivity index (χ4v) is 2.29. The van der Waals surface area contributed by atoms with Crippen LogP contribution >= 0.6 is 0 Å². The minimum Gasteiger partial charge on any atom is -0.367 e. The van der Waals surface area contributed by atoms with E-state index in [9.17, 15) is 0 Å². The van der Waals surface area contributed by atoms with Crippen molar-refractivity contribution in [3.8, 4) is 0 Å². The maximum Gasteiger partial charge on any atom is 0.126 e. The number of hydrogen-bond donors (Lipinski definition) is 1. The summed E-state index contributed by atoms with van der Waals surface area (Å²) in [5, 5.41) is 3.54. The SMILES string of the molecule is CC(C)c1ccc(NC2CCCCC2)nc1. The standard InChI is InChI=1S/C14H22N2/c1-11(2)12-8-9-14(15-10-12)16-13-6-4-3-5-7-13/h8-11,13H,3-7H2,1-2H3,(H,15,16). The first-order chi connectivity index (χ1) is 7.75. The van der Waals surface area contributed by atoms with Gasteiger partial charge in [0.15, 0.2) is 0 Å². The molecular formula is C14H22N2. The van der Waals surface area contributed by atoms with Crippen LogP contribution in [0.4, 0.5) is 5.82 Å². The first-order valence-electron chi connectivity index (χ1n) is 6.48. The molecule has 2 nitrogen and oxygen atoms in total. The fraction of sp³-hybridized carbons (Fsp3) is 0.643. The van der Waals surface area contributed by atoms with Gasteiger partial charge in [-0.25, -0.2) is 4.98 Å². The minimum absolute atomic E-state index is 0.566. The monoisotopic (exact) mass is 218 g/mol. The second-order valence-corrected chi connectivity index (χ2v) is 5.11. The zero-order valence-corrected chi connectivity index (χ0v) is 10.4. The predicted octanol–water partition coefficient (Wildman–Crippen LogP) is 3.95. The second kappa shape index (κ2) is 5.33. The molecule has 0 aliphatic heterocycles. The van der Waals surface area contributed by atoms with Crippen LogP contribution in [0, 0.1) is 0 Å². The first kappa shape index (κ1) is 11.4. The molecule has 0 aromatic carbocycles. The Labute approximate surface area is 98.5 Å². The molecule has 2 rings (SSSR count). The van der Waals surface area contributed by atoms with E-state index in [0.29, 0.717) is 12.0 Å². The largest absolute Gasteiger partial charge is 0.367 e. The highest BCUT2D eigenvalue weighted by Crippen LogP contribution is 2.21. The van der Waals surface area contributed by atoms with Crippen LogP contribution in [0.25, 0.3) is 0 Å². The van der Waals surface area contributed by atoms with E-state index < -0.39 is 0 Å². The van der Waals surface area contributed by atoms with Gasteiger partial charge < -0.3 is 5.32 Å². The zero-order chi connectivity index (χ0) is 11.4. The molecule has 1 aromatic rings. The first-order valence-corrected chi connectivity index (χ1v) is 6.48. The lowest BCUT2D eigenvalue weighted by atomic mass is 9.95. The van der Waals surface area contributed by atoms with Gasteiger partial charge in [-0.3, -0.25) is 0 Å². The quantitative estimate of drug-likeness (QED) is 0.831. The number of hydrogen-bond acceptors (Lipinski definition) is 2. The van der Waals surface area contributed by atoms with Crippen molar-refractivity contribution in [2.75, 3.05) is 5.32 Å². The highest BCUT2D eigenvalue weighted by molar-refractivity contribution is 5.37. The summed E-state index contributed by atoms with van der Waals surface area (Å²) < 4.78 is 0. The molecule has 1 aromatic heterocycles. The topological polar surface area (TPSA) is 24.9 Å². The summed E-state index contributed by atoms with van der Waals surface area (Å²) in [6.45, 7) is 4.40. The molecule has 1 aliphatic carbocycles. The van der Waals surface area contributed by atoms with E-state index in [-0.39, 0.29) is 0 Å². The van der Waals surface area contributed by atoms with Gasteiger partial charge in [0.25, 0.3) is 0 Å². The molecule has 0 bridgehead atoms. The normalized spacial score (nSPS) is 17.7. The highest BCUT2D eigenvalue weighted by Gasteiger charge is 2.13. The highest BCUT2D eigenvalue weighted by atomic mass is 15.0. The molecule has 88 valence electrons. The molecule has 1 aliphatic rings. The van der Waals surface area contributed by atoms with Gasteiger partial charge in [-0.05, 0) is 30.4 Å². The van der Waals surface area contributed by atoms with Crippen LogP contribution in [0.5, 0.6) is 0 Å². The Balaban J connectivity index is 1.93. The average Bonchev–Trinajstić information content (AvgIpc) is 2.31. The van der Waals surface area contributed by atoms with Crippen LogP contribution in [-0.2, 0) is 0 Å². The molecule has 0 saturated heterocycles. The summed E-state index contributed by atoms with van der Waals surface area (Å²) >= 11 is 0. The van der Waals surface area contributed by atoms with E-state index in [0.717, 1.165) is 5.82 Å². The van der Waals surface area contributed by atoms with Crippen molar-refractivity contribution in [1.82, 2.24) is 4.98 Å². The van der Waals surface area contributed by atoms with Crippen LogP contribution in [0.1, 0.15) is 57.4 Å². The van der Waals surface area contributed by atoms with E-state index in [1.165, 1.54) is 37.7 Å². The summed E-state index contributed by atoms with van der Waals surface area (Å²) in [6.07, 6.45) is 8.72. The van der Waals surface area contributed by atoms with Gasteiger partial charge in [-0.2, -0.15) is 0 Å². The van der Waals surface area contributed by atoms with Gasteiger partial charge in [-0.15, -0.1) is 0 Å². The van der Waals surface area contributed by atoms with Gasteiger partial charge in [0, 0.05) is 12.2 Å². The summed E-state index contributed by atoms with van der Waals surface area (Å²) in [5.41, 5.74) is 1.31. The van der Waals surface area contributed by atoms with Gasteiger partial charge in [0.2, 0.25) is 0 Å². The van der Waals surface area contributed by atoms with Gasteiger partial charge >= 0.3 is 0 Å². The number of pyridine rings is 1. The van der Waals surface area contributed by atoms with Crippen molar-refractivity contribution in [3.05, 3.63) is 23.9 Å². The molecule has 0 radical (unpaired) electrons. The number of nitrogens with zero attached hydrogens (tertiary/aromatic N) is 1. The molecule has 1 fully saturated rings. The maximum absolute atomic E-state index is 4.48. The third-order valence-corrected chi connectivity index (χ3v) is 3.41. The Morgan fingerprint density at radius 1 is 1.19 bits per heavy atom. The lowest BCUT2D eigenvalue weighted by molar-refractivity contribution is 0.462. The Morgan fingerprint density at radius 2 is 1.94 bits per heavy atom. The molecule has 16 heavy (non-hydrogen) atoms. The zero-order valence-electron chi connectivity index (χ0n) is 10.4. The third-order valence-electron chi connectivity index (χ3n) is 3.41. The van der Waals surface area contributed by atoms with E-state index >= 15 is 0 Å². The average molecular weight is 218 g/mol. The van der Waals surface area contributed by atoms with E-state index in [1.807, 2.05) is 6.20 Å². The van der Waals surface area contributed by atoms with E-state index in [2.05, 4.69) is 36.3 Å². The Morgan fingerprint density at radius 3 is 2.50 bits per heavy atom. The lowest BCUT2D eigenvalue weighted by Crippen LogP contribution is -2.22. The smallest absolute Gasteiger partial charge is 0.126 e. The summed E-state index contributed by atoms with van der Waals surface area (Å²) in [6, 6.07) is 4.94. The van der Waals surface area contributed by atoms with E-state index in [4.69, 9.17) is 0 Å². The second-order valence-electron chi connectivity index (χ2n) is 5.11. The fourth-order valence-electron chi connectivity index (χ4n) is 2.29. The molecule has 1 saturated carbocycles. The number of rotatable bonds is 3. The van der Waals surface area contributed by atoms with Crippen LogP contribution in [0.2, 0.25) is 0 Å². The molecule has 0 spiro atoms. The Hall–Kier alpha value is -1.05. The minimum atomic E-state index is 0.566. The Kier molecular flexibility index (Phi) is 3.81. The molecule has 1 N–H and O–H groups in total. The van der Waals surface area contributed by atoms with Crippen molar-refractivity contribution in [2.24, 2.45) is 0 Å². The van der Waals surface area contributed by atoms with Crippen molar-refractivity contribution in [2.45, 2.75) is 57.9 Å². The molecule has 1 heterocycles. The van der Waals surface area contributed by atoms with Crippen LogP contribution < -0.4 is 5.32 Å². The van der Waals surface area contributed by atoms with Crippen molar-refractivity contribution in [3.63, 3.8) is 0 Å². The van der Waals surface area contributed by atoms with Crippen molar-refractivity contribution < 1.29 is 0 Å². The van der Waals surface area contributed by atoms with Crippen LogP contribution in [-0.4, -0.2) is 11.0 Å².